The Hall–Kier alpha value is -2.32. The molecule has 6 heteroatoms. The van der Waals surface area contributed by atoms with Gasteiger partial charge in [0, 0.05) is 5.69 Å². The van der Waals surface area contributed by atoms with Gasteiger partial charge in [0.05, 0.1) is 16.5 Å². The van der Waals surface area contributed by atoms with E-state index in [0.717, 1.165) is 12.8 Å². The molecular formula is C16H15ClN2O3. The summed E-state index contributed by atoms with van der Waals surface area (Å²) in [7, 11) is 0. The van der Waals surface area contributed by atoms with Gasteiger partial charge in [-0.3, -0.25) is 9.59 Å². The molecule has 1 aliphatic rings. The number of hydrogen-bond donors (Lipinski definition) is 1. The number of nitrogens with zero attached hydrogens (tertiary/aromatic N) is 1. The van der Waals surface area contributed by atoms with Crippen LogP contribution in [0, 0.1) is 17.2 Å². The highest BCUT2D eigenvalue weighted by atomic mass is 35.5. The lowest BCUT2D eigenvalue weighted by Crippen LogP contribution is -2.25. The summed E-state index contributed by atoms with van der Waals surface area (Å²) in [5.41, 5.74) is 0.780. The molecule has 0 saturated heterocycles. The average Bonchev–Trinajstić information content (AvgIpc) is 2.53. The van der Waals surface area contributed by atoms with E-state index in [4.69, 9.17) is 21.6 Å². The average molecular weight is 319 g/mol. The Morgan fingerprint density at radius 3 is 2.86 bits per heavy atom. The third kappa shape index (κ3) is 4.34. The molecule has 1 amide bonds. The zero-order valence-corrected chi connectivity index (χ0v) is 12.6. The van der Waals surface area contributed by atoms with Crippen molar-refractivity contribution in [3.05, 3.63) is 40.9 Å². The largest absolute Gasteiger partial charge is 0.455 e. The fraction of sp³-hybridized carbons (Fsp3) is 0.312. The molecule has 0 saturated carbocycles. The van der Waals surface area contributed by atoms with Crippen LogP contribution in [-0.4, -0.2) is 18.5 Å². The van der Waals surface area contributed by atoms with Crippen LogP contribution in [0.15, 0.2) is 30.4 Å². The lowest BCUT2D eigenvalue weighted by molar-refractivity contribution is -0.151. The molecule has 0 unspecified atom stereocenters. The Labute approximate surface area is 133 Å². The van der Waals surface area contributed by atoms with E-state index in [1.54, 1.807) is 6.07 Å². The normalized spacial score (nSPS) is 16.6. The Kier molecular flexibility index (Phi) is 5.56. The van der Waals surface area contributed by atoms with E-state index in [1.165, 1.54) is 12.1 Å². The molecule has 22 heavy (non-hydrogen) atoms. The minimum Gasteiger partial charge on any atom is -0.455 e. The molecule has 114 valence electrons. The molecule has 1 aromatic rings. The van der Waals surface area contributed by atoms with Crippen LogP contribution in [0.2, 0.25) is 5.02 Å². The summed E-state index contributed by atoms with van der Waals surface area (Å²) in [4.78, 5) is 23.6. The number of rotatable bonds is 4. The number of anilines is 1. The number of ether oxygens (including phenoxy) is 1. The van der Waals surface area contributed by atoms with Crippen LogP contribution in [0.1, 0.15) is 24.8 Å². The molecule has 0 fully saturated rings. The van der Waals surface area contributed by atoms with E-state index < -0.39 is 5.91 Å². The van der Waals surface area contributed by atoms with E-state index in [-0.39, 0.29) is 23.5 Å². The third-order valence-electron chi connectivity index (χ3n) is 3.32. The standard InChI is InChI=1S/C16H15ClN2O3/c17-14-8-13(7-6-12(14)9-18)19-15(20)10-22-16(21)11-4-2-1-3-5-11/h1-2,6-8,11H,3-5,10H2,(H,19,20)/t11-/m0/s1. The first-order valence-corrected chi connectivity index (χ1v) is 7.29. The van der Waals surface area contributed by atoms with Gasteiger partial charge >= 0.3 is 5.97 Å². The van der Waals surface area contributed by atoms with Gasteiger partial charge in [-0.05, 0) is 37.5 Å². The van der Waals surface area contributed by atoms with Gasteiger partial charge in [0.25, 0.3) is 5.91 Å². The van der Waals surface area contributed by atoms with Gasteiger partial charge in [0.1, 0.15) is 6.07 Å². The second kappa shape index (κ2) is 7.62. The summed E-state index contributed by atoms with van der Waals surface area (Å²) in [6.45, 7) is -0.337. The van der Waals surface area contributed by atoms with Crippen molar-refractivity contribution >= 4 is 29.2 Å². The molecule has 1 aliphatic carbocycles. The highest BCUT2D eigenvalue weighted by Crippen LogP contribution is 2.21. The second-order valence-corrected chi connectivity index (χ2v) is 5.35. The van der Waals surface area contributed by atoms with Crippen LogP contribution in [0.25, 0.3) is 0 Å². The first-order valence-electron chi connectivity index (χ1n) is 6.91. The number of carbonyl (C=O) groups excluding carboxylic acids is 2. The van der Waals surface area contributed by atoms with Crippen molar-refractivity contribution in [1.29, 1.82) is 5.26 Å². The molecule has 0 bridgehead atoms. The number of benzene rings is 1. The molecule has 5 nitrogen and oxygen atoms in total. The van der Waals surface area contributed by atoms with E-state index in [9.17, 15) is 9.59 Å². The predicted octanol–water partition coefficient (Wildman–Crippen LogP) is 3.05. The number of nitrogens with one attached hydrogen (secondary N) is 1. The summed E-state index contributed by atoms with van der Waals surface area (Å²) in [5.74, 6) is -0.958. The number of halogens is 1. The van der Waals surface area contributed by atoms with Gasteiger partial charge in [-0.15, -0.1) is 0 Å². The first kappa shape index (κ1) is 16.1. The number of carbonyl (C=O) groups is 2. The van der Waals surface area contributed by atoms with Gasteiger partial charge in [-0.25, -0.2) is 0 Å². The Bertz CT molecular complexity index is 649. The van der Waals surface area contributed by atoms with Crippen LogP contribution >= 0.6 is 11.6 Å². The minimum absolute atomic E-state index is 0.165. The van der Waals surface area contributed by atoms with Crippen molar-refractivity contribution in [2.75, 3.05) is 11.9 Å². The Morgan fingerprint density at radius 1 is 1.41 bits per heavy atom. The molecule has 0 heterocycles. The summed E-state index contributed by atoms with van der Waals surface area (Å²) in [5, 5.41) is 11.6. The molecule has 1 atom stereocenters. The van der Waals surface area contributed by atoms with Crippen molar-refractivity contribution in [3.63, 3.8) is 0 Å². The van der Waals surface area contributed by atoms with Crippen LogP contribution in [-0.2, 0) is 14.3 Å². The zero-order chi connectivity index (χ0) is 15.9. The predicted molar refractivity (Wildman–Crippen MR) is 82.2 cm³/mol. The van der Waals surface area contributed by atoms with E-state index in [0.29, 0.717) is 17.7 Å². The molecule has 0 spiro atoms. The number of hydrogen-bond acceptors (Lipinski definition) is 4. The molecule has 1 N–H and O–H groups in total. The van der Waals surface area contributed by atoms with Crippen LogP contribution in [0.3, 0.4) is 0 Å². The molecule has 0 aromatic heterocycles. The first-order chi connectivity index (χ1) is 10.6. The fourth-order valence-corrected chi connectivity index (χ4v) is 2.37. The Balaban J connectivity index is 1.83. The van der Waals surface area contributed by atoms with Gasteiger partial charge in [0.15, 0.2) is 6.61 Å². The van der Waals surface area contributed by atoms with E-state index in [2.05, 4.69) is 5.32 Å². The number of esters is 1. The molecule has 1 aromatic carbocycles. The smallest absolute Gasteiger partial charge is 0.309 e. The van der Waals surface area contributed by atoms with Gasteiger partial charge in [-0.1, -0.05) is 23.8 Å². The topological polar surface area (TPSA) is 79.2 Å². The molecular weight excluding hydrogens is 304 g/mol. The highest BCUT2D eigenvalue weighted by molar-refractivity contribution is 6.32. The van der Waals surface area contributed by atoms with E-state index >= 15 is 0 Å². The fourth-order valence-electron chi connectivity index (χ4n) is 2.14. The lowest BCUT2D eigenvalue weighted by Gasteiger charge is -2.16. The van der Waals surface area contributed by atoms with Gasteiger partial charge in [0.2, 0.25) is 0 Å². The summed E-state index contributed by atoms with van der Waals surface area (Å²) in [6.07, 6.45) is 6.25. The van der Waals surface area contributed by atoms with Crippen LogP contribution < -0.4 is 5.32 Å². The summed E-state index contributed by atoms with van der Waals surface area (Å²) >= 11 is 5.88. The second-order valence-electron chi connectivity index (χ2n) is 4.94. The number of allylic oxidation sites excluding steroid dienone is 2. The number of nitriles is 1. The van der Waals surface area contributed by atoms with Crippen molar-refractivity contribution in [1.82, 2.24) is 0 Å². The van der Waals surface area contributed by atoms with Crippen molar-refractivity contribution in [3.8, 4) is 6.07 Å². The molecule has 2 rings (SSSR count). The monoisotopic (exact) mass is 318 g/mol. The SMILES string of the molecule is N#Cc1ccc(NC(=O)COC(=O)[C@H]2CC=CCC2)cc1Cl. The van der Waals surface area contributed by atoms with E-state index in [1.807, 2.05) is 18.2 Å². The quantitative estimate of drug-likeness (QED) is 0.683. The maximum absolute atomic E-state index is 11.8. The van der Waals surface area contributed by atoms with Crippen molar-refractivity contribution < 1.29 is 14.3 Å². The lowest BCUT2D eigenvalue weighted by atomic mass is 9.95. The molecule has 0 aliphatic heterocycles. The highest BCUT2D eigenvalue weighted by Gasteiger charge is 2.21. The van der Waals surface area contributed by atoms with Crippen LogP contribution in [0.5, 0.6) is 0 Å². The van der Waals surface area contributed by atoms with Crippen molar-refractivity contribution in [2.24, 2.45) is 5.92 Å². The minimum atomic E-state index is -0.444. The van der Waals surface area contributed by atoms with Crippen molar-refractivity contribution in [2.45, 2.75) is 19.3 Å². The zero-order valence-electron chi connectivity index (χ0n) is 11.8. The third-order valence-corrected chi connectivity index (χ3v) is 3.63. The maximum atomic E-state index is 11.8. The van der Waals surface area contributed by atoms with Gasteiger partial charge in [-0.2, -0.15) is 5.26 Å². The molecule has 0 radical (unpaired) electrons. The van der Waals surface area contributed by atoms with Gasteiger partial charge < -0.3 is 10.1 Å². The maximum Gasteiger partial charge on any atom is 0.309 e. The summed E-state index contributed by atoms with van der Waals surface area (Å²) < 4.78 is 5.02. The Morgan fingerprint density at radius 2 is 2.23 bits per heavy atom. The summed E-state index contributed by atoms with van der Waals surface area (Å²) in [6, 6.07) is 6.49. The number of amides is 1. The van der Waals surface area contributed by atoms with Crippen LogP contribution in [0.4, 0.5) is 5.69 Å².